The van der Waals surface area contributed by atoms with Crippen LogP contribution in [0.3, 0.4) is 0 Å². The lowest BCUT2D eigenvalue weighted by atomic mass is 10.1. The van der Waals surface area contributed by atoms with E-state index in [9.17, 15) is 31.1 Å². The summed E-state index contributed by atoms with van der Waals surface area (Å²) in [6.45, 7) is -0.121. The third-order valence-electron chi connectivity index (χ3n) is 4.59. The highest BCUT2D eigenvalue weighted by atomic mass is 19.4. The SMILES string of the molecule is C.C.C.O=Cc1ccc(-c2nccc(C(F)(F)F)n2)cc1.OCc1ccc(-c2nccc(C(F)(F)F)n2)cc1. The van der Waals surface area contributed by atoms with Gasteiger partial charge in [0.25, 0.3) is 0 Å². The van der Waals surface area contributed by atoms with E-state index in [4.69, 9.17) is 5.11 Å². The van der Waals surface area contributed by atoms with Crippen LogP contribution >= 0.6 is 0 Å². The maximum Gasteiger partial charge on any atom is 0.433 e. The molecule has 39 heavy (non-hydrogen) atoms. The molecule has 210 valence electrons. The molecule has 12 heteroatoms. The topological polar surface area (TPSA) is 88.9 Å². The Labute approximate surface area is 222 Å². The number of aliphatic hydroxyl groups excluding tert-OH is 1. The van der Waals surface area contributed by atoms with Crippen molar-refractivity contribution in [2.24, 2.45) is 0 Å². The number of aliphatic hydroxyl groups is 1. The van der Waals surface area contributed by atoms with Gasteiger partial charge in [-0.25, -0.2) is 19.9 Å². The number of aromatic nitrogens is 4. The number of halogens is 6. The van der Waals surface area contributed by atoms with Crippen LogP contribution in [0.5, 0.6) is 0 Å². The third-order valence-corrected chi connectivity index (χ3v) is 4.59. The Balaban J connectivity index is 0.000000688. The maximum atomic E-state index is 12.5. The molecule has 0 saturated heterocycles. The zero-order chi connectivity index (χ0) is 26.3. The molecule has 0 aliphatic heterocycles. The van der Waals surface area contributed by atoms with E-state index in [-0.39, 0.29) is 40.5 Å². The van der Waals surface area contributed by atoms with E-state index in [1.165, 1.54) is 24.3 Å². The lowest BCUT2D eigenvalue weighted by Crippen LogP contribution is -2.08. The molecule has 0 saturated carbocycles. The number of nitrogens with zero attached hydrogens (tertiary/aromatic N) is 4. The van der Waals surface area contributed by atoms with Crippen LogP contribution in [0, 0.1) is 0 Å². The number of carbonyl (C=O) groups is 1. The quantitative estimate of drug-likeness (QED) is 0.207. The molecule has 0 amide bonds. The summed E-state index contributed by atoms with van der Waals surface area (Å²) in [4.78, 5) is 25.0. The van der Waals surface area contributed by atoms with Crippen LogP contribution in [0.1, 0.15) is 49.6 Å². The molecule has 0 spiro atoms. The van der Waals surface area contributed by atoms with Crippen LogP contribution in [0.2, 0.25) is 0 Å². The maximum absolute atomic E-state index is 12.5. The van der Waals surface area contributed by atoms with Gasteiger partial charge in [-0.15, -0.1) is 0 Å². The van der Waals surface area contributed by atoms with E-state index < -0.39 is 23.7 Å². The van der Waals surface area contributed by atoms with E-state index in [1.54, 1.807) is 24.3 Å². The summed E-state index contributed by atoms with van der Waals surface area (Å²) >= 11 is 0. The van der Waals surface area contributed by atoms with E-state index in [0.29, 0.717) is 28.5 Å². The highest BCUT2D eigenvalue weighted by molar-refractivity contribution is 5.76. The zero-order valence-corrected chi connectivity index (χ0v) is 18.1. The summed E-state index contributed by atoms with van der Waals surface area (Å²) in [6.07, 6.45) is -6.20. The Kier molecular flexibility index (Phi) is 13.1. The van der Waals surface area contributed by atoms with Gasteiger partial charge in [0.2, 0.25) is 0 Å². The minimum Gasteiger partial charge on any atom is -0.392 e. The number of rotatable bonds is 4. The van der Waals surface area contributed by atoms with Crippen molar-refractivity contribution in [3.63, 3.8) is 0 Å². The monoisotopic (exact) mass is 554 g/mol. The molecule has 4 rings (SSSR count). The molecule has 2 aromatic carbocycles. The van der Waals surface area contributed by atoms with Crippen molar-refractivity contribution in [1.29, 1.82) is 0 Å². The van der Waals surface area contributed by atoms with Crippen LogP contribution in [0.4, 0.5) is 26.3 Å². The Bertz CT molecular complexity index is 1310. The fourth-order valence-corrected chi connectivity index (χ4v) is 2.78. The first-order valence-corrected chi connectivity index (χ1v) is 10.1. The first kappa shape index (κ1) is 34.8. The highest BCUT2D eigenvalue weighted by Gasteiger charge is 2.33. The van der Waals surface area contributed by atoms with Crippen LogP contribution in [0.25, 0.3) is 22.8 Å². The summed E-state index contributed by atoms with van der Waals surface area (Å²) in [5, 5.41) is 8.87. The molecule has 0 bridgehead atoms. The third kappa shape index (κ3) is 9.56. The fourth-order valence-electron chi connectivity index (χ4n) is 2.78. The van der Waals surface area contributed by atoms with Gasteiger partial charge >= 0.3 is 12.4 Å². The molecule has 0 radical (unpaired) electrons. The number of alkyl halides is 6. The van der Waals surface area contributed by atoms with Crippen molar-refractivity contribution in [3.05, 3.63) is 95.6 Å². The molecule has 0 atom stereocenters. The van der Waals surface area contributed by atoms with Crippen LogP contribution in [-0.2, 0) is 19.0 Å². The van der Waals surface area contributed by atoms with Crippen molar-refractivity contribution < 1.29 is 36.2 Å². The van der Waals surface area contributed by atoms with Gasteiger partial charge in [0, 0.05) is 29.1 Å². The first-order chi connectivity index (χ1) is 17.0. The molecule has 0 aliphatic rings. The van der Waals surface area contributed by atoms with Crippen molar-refractivity contribution in [2.75, 3.05) is 0 Å². The molecule has 2 aromatic heterocycles. The number of benzene rings is 2. The van der Waals surface area contributed by atoms with Crippen LogP contribution < -0.4 is 0 Å². The average Bonchev–Trinajstić information content (AvgIpc) is 2.88. The lowest BCUT2D eigenvalue weighted by Gasteiger charge is -2.07. The second kappa shape index (κ2) is 14.7. The zero-order valence-electron chi connectivity index (χ0n) is 18.1. The highest BCUT2D eigenvalue weighted by Crippen LogP contribution is 2.29. The Morgan fingerprint density at radius 1 is 0.641 bits per heavy atom. The molecule has 0 unspecified atom stereocenters. The molecule has 1 N–H and O–H groups in total. The molecule has 2 heterocycles. The largest absolute Gasteiger partial charge is 0.433 e. The number of hydrogen-bond acceptors (Lipinski definition) is 6. The molecular formula is C27H28F6N4O2. The van der Waals surface area contributed by atoms with E-state index in [0.717, 1.165) is 24.5 Å². The molecule has 6 nitrogen and oxygen atoms in total. The van der Waals surface area contributed by atoms with Crippen molar-refractivity contribution in [2.45, 2.75) is 41.2 Å². The van der Waals surface area contributed by atoms with E-state index in [1.807, 2.05) is 0 Å². The second-order valence-electron chi connectivity index (χ2n) is 7.12. The molecular weight excluding hydrogens is 526 g/mol. The van der Waals surface area contributed by atoms with Crippen molar-refractivity contribution in [3.8, 4) is 22.8 Å². The molecule has 4 aromatic rings. The summed E-state index contributed by atoms with van der Waals surface area (Å²) in [5.74, 6) is -0.0170. The second-order valence-corrected chi connectivity index (χ2v) is 7.12. The normalized spacial score (nSPS) is 10.5. The predicted octanol–water partition coefficient (Wildman–Crippen LogP) is 7.54. The van der Waals surface area contributed by atoms with Gasteiger partial charge in [-0.1, -0.05) is 70.8 Å². The average molecular weight is 555 g/mol. The predicted molar refractivity (Wildman–Crippen MR) is 136 cm³/mol. The molecule has 0 fully saturated rings. The van der Waals surface area contributed by atoms with E-state index in [2.05, 4.69) is 19.9 Å². The Morgan fingerprint density at radius 2 is 1.03 bits per heavy atom. The van der Waals surface area contributed by atoms with Gasteiger partial charge in [-0.2, -0.15) is 26.3 Å². The summed E-state index contributed by atoms with van der Waals surface area (Å²) in [6, 6.07) is 14.0. The minimum atomic E-state index is -4.50. The van der Waals surface area contributed by atoms with Gasteiger partial charge < -0.3 is 5.11 Å². The number of hydrogen-bond donors (Lipinski definition) is 1. The van der Waals surface area contributed by atoms with Crippen molar-refractivity contribution in [1.82, 2.24) is 19.9 Å². The molecule has 0 aliphatic carbocycles. The summed E-state index contributed by atoms with van der Waals surface area (Å²) < 4.78 is 74.8. The fraction of sp³-hybridized carbons (Fsp3) is 0.222. The van der Waals surface area contributed by atoms with Gasteiger partial charge in [0.1, 0.15) is 17.7 Å². The standard InChI is InChI=1S/C12H9F3N2O.C12H7F3N2O.3CH4/c2*13-12(14,15)10-5-6-16-11(17-10)9-3-1-8(7-18)2-4-9;;;/h1-6,18H,7H2;1-7H;3*1H4. The summed E-state index contributed by atoms with van der Waals surface area (Å²) in [7, 11) is 0. The Hall–Kier alpha value is -4.19. The minimum absolute atomic E-state index is 0. The Morgan fingerprint density at radius 3 is 1.36 bits per heavy atom. The van der Waals surface area contributed by atoms with Gasteiger partial charge in [-0.3, -0.25) is 4.79 Å². The number of aldehydes is 1. The smallest absolute Gasteiger partial charge is 0.392 e. The summed E-state index contributed by atoms with van der Waals surface area (Å²) in [5.41, 5.74) is 0.0344. The van der Waals surface area contributed by atoms with Gasteiger partial charge in [-0.05, 0) is 17.7 Å². The van der Waals surface area contributed by atoms with Crippen LogP contribution in [0.15, 0.2) is 73.1 Å². The van der Waals surface area contributed by atoms with Crippen LogP contribution in [-0.4, -0.2) is 31.3 Å². The lowest BCUT2D eigenvalue weighted by molar-refractivity contribution is -0.141. The van der Waals surface area contributed by atoms with Gasteiger partial charge in [0.05, 0.1) is 6.61 Å². The van der Waals surface area contributed by atoms with E-state index >= 15 is 0 Å². The van der Waals surface area contributed by atoms with Crippen molar-refractivity contribution >= 4 is 6.29 Å². The number of carbonyl (C=O) groups excluding carboxylic acids is 1. The first-order valence-electron chi connectivity index (χ1n) is 10.1. The van der Waals surface area contributed by atoms with Gasteiger partial charge in [0.15, 0.2) is 11.6 Å².